The summed E-state index contributed by atoms with van der Waals surface area (Å²) in [5.41, 5.74) is 0. The molecule has 78 valence electrons. The van der Waals surface area contributed by atoms with Crippen LogP contribution in [0.25, 0.3) is 0 Å². The van der Waals surface area contributed by atoms with Crippen LogP contribution in [-0.4, -0.2) is 14.2 Å². The predicted octanol–water partition coefficient (Wildman–Crippen LogP) is 2.65. The Bertz CT molecular complexity index is 230. The van der Waals surface area contributed by atoms with Crippen molar-refractivity contribution in [2.45, 2.75) is 44.9 Å². The van der Waals surface area contributed by atoms with E-state index >= 15 is 0 Å². The second kappa shape index (κ2) is 4.94. The number of rotatable bonds is 4. The van der Waals surface area contributed by atoms with Crippen LogP contribution in [0.2, 0.25) is 0 Å². The highest BCUT2D eigenvalue weighted by molar-refractivity contribution is 7.86. The normalized spacial score (nSPS) is 20.4. The first-order valence-corrected chi connectivity index (χ1v) is 6.55. The van der Waals surface area contributed by atoms with Crippen molar-refractivity contribution < 1.29 is 12.3 Å². The third-order valence-electron chi connectivity index (χ3n) is 2.73. The second-order valence-electron chi connectivity index (χ2n) is 3.89. The topological polar surface area (TPSA) is 34.1 Å². The van der Waals surface area contributed by atoms with Gasteiger partial charge in [0.05, 0.1) is 5.75 Å². The molecule has 0 N–H and O–H groups in total. The molecule has 13 heavy (non-hydrogen) atoms. The van der Waals surface area contributed by atoms with Gasteiger partial charge >= 0.3 is 10.2 Å². The minimum absolute atomic E-state index is 0.288. The fraction of sp³-hybridized carbons (Fsp3) is 1.00. The van der Waals surface area contributed by atoms with Gasteiger partial charge in [-0.25, -0.2) is 0 Å². The van der Waals surface area contributed by atoms with Gasteiger partial charge in [0.15, 0.2) is 0 Å². The first-order valence-electron chi connectivity index (χ1n) is 5.00. The summed E-state index contributed by atoms with van der Waals surface area (Å²) in [5, 5.41) is 0. The van der Waals surface area contributed by atoms with Gasteiger partial charge in [-0.3, -0.25) is 0 Å². The third kappa shape index (κ3) is 5.24. The molecule has 0 spiro atoms. The summed E-state index contributed by atoms with van der Waals surface area (Å²) in [6.07, 6.45) is 7.59. The Balaban J connectivity index is 2.11. The molecule has 0 aliphatic heterocycles. The van der Waals surface area contributed by atoms with Gasteiger partial charge in [-0.05, 0) is 18.8 Å². The van der Waals surface area contributed by atoms with Crippen LogP contribution in [0.4, 0.5) is 3.89 Å². The van der Waals surface area contributed by atoms with E-state index in [0.29, 0.717) is 12.3 Å². The maximum Gasteiger partial charge on any atom is 0.302 e. The molecule has 0 aromatic carbocycles. The van der Waals surface area contributed by atoms with E-state index in [2.05, 4.69) is 0 Å². The van der Waals surface area contributed by atoms with E-state index < -0.39 is 10.2 Å². The zero-order valence-corrected chi connectivity index (χ0v) is 8.65. The van der Waals surface area contributed by atoms with Gasteiger partial charge < -0.3 is 0 Å². The van der Waals surface area contributed by atoms with Gasteiger partial charge in [-0.2, -0.15) is 8.42 Å². The average molecular weight is 208 g/mol. The van der Waals surface area contributed by atoms with E-state index in [0.717, 1.165) is 6.42 Å². The van der Waals surface area contributed by atoms with Gasteiger partial charge in [0.2, 0.25) is 0 Å². The molecule has 0 aromatic heterocycles. The largest absolute Gasteiger partial charge is 0.302 e. The Kier molecular flexibility index (Phi) is 4.16. The first-order chi connectivity index (χ1) is 6.08. The molecule has 1 rings (SSSR count). The lowest BCUT2D eigenvalue weighted by atomic mass is 9.86. The second-order valence-corrected chi connectivity index (χ2v) is 5.38. The zero-order chi connectivity index (χ0) is 9.73. The molecule has 0 aromatic rings. The third-order valence-corrected chi connectivity index (χ3v) is 3.50. The Labute approximate surface area is 79.7 Å². The lowest BCUT2D eigenvalue weighted by molar-refractivity contribution is 0.336. The molecule has 0 bridgehead atoms. The fourth-order valence-electron chi connectivity index (χ4n) is 2.02. The molecule has 1 aliphatic rings. The van der Waals surface area contributed by atoms with Gasteiger partial charge in [-0.15, -0.1) is 3.89 Å². The molecule has 1 saturated carbocycles. The van der Waals surface area contributed by atoms with Crippen LogP contribution in [-0.2, 0) is 10.2 Å². The quantitative estimate of drug-likeness (QED) is 0.665. The number of hydrogen-bond donors (Lipinski definition) is 0. The van der Waals surface area contributed by atoms with E-state index in [1.165, 1.54) is 32.1 Å². The van der Waals surface area contributed by atoms with Crippen LogP contribution in [0.5, 0.6) is 0 Å². The van der Waals surface area contributed by atoms with Crippen molar-refractivity contribution in [1.82, 2.24) is 0 Å². The van der Waals surface area contributed by atoms with Gasteiger partial charge in [0, 0.05) is 0 Å². The molecule has 0 heterocycles. The van der Waals surface area contributed by atoms with Crippen LogP contribution < -0.4 is 0 Å². The van der Waals surface area contributed by atoms with Crippen molar-refractivity contribution in [2.75, 3.05) is 5.75 Å². The SMILES string of the molecule is O=S(=O)(F)CCCC1CCCCC1. The molecular formula is C9H17FO2S. The van der Waals surface area contributed by atoms with Crippen LogP contribution in [0.3, 0.4) is 0 Å². The monoisotopic (exact) mass is 208 g/mol. The first kappa shape index (κ1) is 11.0. The number of hydrogen-bond acceptors (Lipinski definition) is 2. The highest BCUT2D eigenvalue weighted by atomic mass is 32.3. The summed E-state index contributed by atoms with van der Waals surface area (Å²) in [6, 6.07) is 0. The van der Waals surface area contributed by atoms with Crippen molar-refractivity contribution in [3.05, 3.63) is 0 Å². The molecule has 0 radical (unpaired) electrons. The summed E-state index contributed by atoms with van der Waals surface area (Å²) in [5.74, 6) is 0.360. The summed E-state index contributed by atoms with van der Waals surface area (Å²) >= 11 is 0. The van der Waals surface area contributed by atoms with Crippen LogP contribution in [0, 0.1) is 5.92 Å². The molecule has 0 amide bonds. The van der Waals surface area contributed by atoms with Crippen molar-refractivity contribution >= 4 is 10.2 Å². The molecule has 1 aliphatic carbocycles. The Morgan fingerprint density at radius 3 is 2.31 bits per heavy atom. The maximum atomic E-state index is 12.1. The zero-order valence-electron chi connectivity index (χ0n) is 7.84. The Morgan fingerprint density at radius 1 is 1.15 bits per heavy atom. The highest BCUT2D eigenvalue weighted by Gasteiger charge is 2.14. The lowest BCUT2D eigenvalue weighted by Gasteiger charge is -2.20. The summed E-state index contributed by atoms with van der Waals surface area (Å²) in [6.45, 7) is 0. The van der Waals surface area contributed by atoms with Gasteiger partial charge in [0.25, 0.3) is 0 Å². The molecule has 0 saturated heterocycles. The summed E-state index contributed by atoms with van der Waals surface area (Å²) < 4.78 is 32.5. The Morgan fingerprint density at radius 2 is 1.77 bits per heavy atom. The lowest BCUT2D eigenvalue weighted by Crippen LogP contribution is -2.08. The van der Waals surface area contributed by atoms with E-state index in [-0.39, 0.29) is 5.75 Å². The molecule has 4 heteroatoms. The average Bonchev–Trinajstić information content (AvgIpc) is 2.04. The molecular weight excluding hydrogens is 191 g/mol. The van der Waals surface area contributed by atoms with Crippen LogP contribution in [0.15, 0.2) is 0 Å². The summed E-state index contributed by atoms with van der Waals surface area (Å²) in [4.78, 5) is 0. The standard InChI is InChI=1S/C9H17FO2S/c10-13(11,12)8-4-7-9-5-2-1-3-6-9/h9H,1-8H2. The van der Waals surface area contributed by atoms with Gasteiger partial charge in [0.1, 0.15) is 0 Å². The van der Waals surface area contributed by atoms with E-state index in [1.807, 2.05) is 0 Å². The smallest absolute Gasteiger partial charge is 0.195 e. The maximum absolute atomic E-state index is 12.1. The Hall–Kier alpha value is -0.120. The van der Waals surface area contributed by atoms with E-state index in [4.69, 9.17) is 0 Å². The fourth-order valence-corrected chi connectivity index (χ4v) is 2.53. The molecule has 1 fully saturated rings. The summed E-state index contributed by atoms with van der Waals surface area (Å²) in [7, 11) is -4.22. The van der Waals surface area contributed by atoms with Gasteiger partial charge in [-0.1, -0.05) is 32.1 Å². The van der Waals surface area contributed by atoms with Crippen molar-refractivity contribution in [3.63, 3.8) is 0 Å². The van der Waals surface area contributed by atoms with E-state index in [9.17, 15) is 12.3 Å². The molecule has 0 unspecified atom stereocenters. The molecule has 0 atom stereocenters. The van der Waals surface area contributed by atoms with Crippen molar-refractivity contribution in [1.29, 1.82) is 0 Å². The van der Waals surface area contributed by atoms with Crippen LogP contribution >= 0.6 is 0 Å². The minimum atomic E-state index is -4.22. The van der Waals surface area contributed by atoms with Crippen molar-refractivity contribution in [2.24, 2.45) is 5.92 Å². The predicted molar refractivity (Wildman–Crippen MR) is 50.7 cm³/mol. The highest BCUT2D eigenvalue weighted by Crippen LogP contribution is 2.27. The van der Waals surface area contributed by atoms with E-state index in [1.54, 1.807) is 0 Å². The minimum Gasteiger partial charge on any atom is -0.195 e. The van der Waals surface area contributed by atoms with Crippen LogP contribution in [0.1, 0.15) is 44.9 Å². The number of halogens is 1. The molecule has 2 nitrogen and oxygen atoms in total. The van der Waals surface area contributed by atoms with Crippen molar-refractivity contribution in [3.8, 4) is 0 Å².